The fraction of sp³-hybridized carbons (Fsp3) is 0.435. The molecule has 0 fully saturated rings. The smallest absolute Gasteiger partial charge is 0.248 e. The fourth-order valence-electron chi connectivity index (χ4n) is 7.12. The molecular weight excluding hydrogens is 825 g/mol. The summed E-state index contributed by atoms with van der Waals surface area (Å²) in [7, 11) is 3.98. The number of rotatable bonds is 12. The summed E-state index contributed by atoms with van der Waals surface area (Å²) in [6.07, 6.45) is 3.81. The molecule has 8 rings (SSSR count). The van der Waals surface area contributed by atoms with Gasteiger partial charge in [0.15, 0.2) is 0 Å². The summed E-state index contributed by atoms with van der Waals surface area (Å²) in [6.45, 7) is 23.5. The molecule has 0 saturated carbocycles. The number of carbonyl (C=O) groups is 2. The second kappa shape index (κ2) is 21.3. The van der Waals surface area contributed by atoms with Crippen LogP contribution in [0.15, 0.2) is 61.2 Å². The van der Waals surface area contributed by atoms with Crippen molar-refractivity contribution in [1.82, 2.24) is 30.0 Å². The van der Waals surface area contributed by atoms with E-state index in [1.165, 1.54) is 36.4 Å². The molecule has 10 nitrogen and oxygen atoms in total. The van der Waals surface area contributed by atoms with Crippen LogP contribution in [0.5, 0.6) is 0 Å². The molecule has 4 aromatic heterocycles. The van der Waals surface area contributed by atoms with E-state index < -0.39 is 0 Å². The van der Waals surface area contributed by atoms with Crippen LogP contribution in [0.2, 0.25) is 0 Å². The van der Waals surface area contributed by atoms with Gasteiger partial charge in [-0.15, -0.1) is 45.3 Å². The normalized spacial score (nSPS) is 14.1. The lowest BCUT2D eigenvalue weighted by Gasteiger charge is -2.30. The molecule has 0 unspecified atom stereocenters. The molecule has 320 valence electrons. The summed E-state index contributed by atoms with van der Waals surface area (Å²) < 4.78 is 2.36. The van der Waals surface area contributed by atoms with Gasteiger partial charge in [0.25, 0.3) is 0 Å². The Morgan fingerprint density at radius 1 is 0.783 bits per heavy atom. The Morgan fingerprint density at radius 3 is 1.67 bits per heavy atom. The molecule has 2 aromatic carbocycles. The summed E-state index contributed by atoms with van der Waals surface area (Å²) in [4.78, 5) is 44.3. The van der Waals surface area contributed by atoms with E-state index in [4.69, 9.17) is 9.97 Å². The Labute approximate surface area is 371 Å². The van der Waals surface area contributed by atoms with Gasteiger partial charge in [0.05, 0.1) is 20.4 Å². The van der Waals surface area contributed by atoms with Gasteiger partial charge in [0.1, 0.15) is 20.0 Å². The largest absolute Gasteiger partial charge is 0.320 e. The van der Waals surface area contributed by atoms with Gasteiger partial charge in [-0.25, -0.2) is 9.97 Å². The van der Waals surface area contributed by atoms with E-state index in [0.29, 0.717) is 18.5 Å². The lowest BCUT2D eigenvalue weighted by molar-refractivity contribution is -0.116. The van der Waals surface area contributed by atoms with Crippen LogP contribution >= 0.6 is 45.3 Å². The van der Waals surface area contributed by atoms with Crippen molar-refractivity contribution in [1.29, 1.82) is 0 Å². The van der Waals surface area contributed by atoms with Crippen molar-refractivity contribution in [2.75, 3.05) is 57.5 Å². The summed E-state index contributed by atoms with van der Waals surface area (Å²) in [6, 6.07) is 17.5. The zero-order valence-corrected chi connectivity index (χ0v) is 39.6. The molecular formula is C46H60N8O2S4. The Bertz CT molecular complexity index is 2320. The van der Waals surface area contributed by atoms with Crippen molar-refractivity contribution in [3.8, 4) is 21.1 Å². The monoisotopic (exact) mass is 884 g/mol. The highest BCUT2D eigenvalue weighted by Gasteiger charge is 2.30. The van der Waals surface area contributed by atoms with Crippen molar-refractivity contribution in [2.24, 2.45) is 0 Å². The van der Waals surface area contributed by atoms with Crippen LogP contribution in [0.1, 0.15) is 68.8 Å². The van der Waals surface area contributed by atoms with Crippen molar-refractivity contribution >= 4 is 87.6 Å². The molecule has 2 amide bonds. The maximum Gasteiger partial charge on any atom is 0.248 e. The lowest BCUT2D eigenvalue weighted by Crippen LogP contribution is -2.35. The number of hydrogen-bond donors (Lipinski definition) is 3. The minimum absolute atomic E-state index is 0.0805. The van der Waals surface area contributed by atoms with E-state index in [-0.39, 0.29) is 11.8 Å². The maximum absolute atomic E-state index is 12.7. The molecule has 0 radical (unpaired) electrons. The summed E-state index contributed by atoms with van der Waals surface area (Å²) in [5.41, 5.74) is 7.00. The second-order valence-corrected chi connectivity index (χ2v) is 19.9. The van der Waals surface area contributed by atoms with E-state index in [0.717, 1.165) is 101 Å². The van der Waals surface area contributed by atoms with Gasteiger partial charge < -0.3 is 20.9 Å². The van der Waals surface area contributed by atoms with Gasteiger partial charge >= 0.3 is 0 Å². The summed E-state index contributed by atoms with van der Waals surface area (Å²) in [5.74, 6) is -0.0938. The Kier molecular flexibility index (Phi) is 16.2. The number of benzene rings is 2. The third-order valence-corrected chi connectivity index (χ3v) is 15.3. The minimum Gasteiger partial charge on any atom is -0.320 e. The number of fused-ring (bicyclic) bond motifs is 4. The molecule has 60 heavy (non-hydrogen) atoms. The number of amides is 2. The van der Waals surface area contributed by atoms with E-state index >= 15 is 0 Å². The molecule has 2 aliphatic rings. The molecule has 0 bridgehead atoms. The summed E-state index contributed by atoms with van der Waals surface area (Å²) >= 11 is 6.82. The number of carbonyl (C=O) groups excluding carboxylic acids is 2. The Balaban J connectivity index is 0.000000186. The number of thiophene rings is 2. The van der Waals surface area contributed by atoms with E-state index in [1.807, 2.05) is 38.4 Å². The quantitative estimate of drug-likeness (QED) is 0.104. The predicted octanol–water partition coefficient (Wildman–Crippen LogP) is 10.2. The molecule has 6 heterocycles. The molecule has 3 N–H and O–H groups in total. The third-order valence-electron chi connectivity index (χ3n) is 10.9. The van der Waals surface area contributed by atoms with Crippen molar-refractivity contribution < 1.29 is 9.59 Å². The Morgan fingerprint density at radius 2 is 1.25 bits per heavy atom. The van der Waals surface area contributed by atoms with Crippen LogP contribution in [0.3, 0.4) is 0 Å². The molecule has 6 aromatic rings. The number of thiazole rings is 2. The number of nitrogens with one attached hydrogen (secondary N) is 3. The van der Waals surface area contributed by atoms with Crippen molar-refractivity contribution in [2.45, 2.75) is 86.0 Å². The molecule has 14 heteroatoms. The van der Waals surface area contributed by atoms with E-state index in [1.54, 1.807) is 45.3 Å². The van der Waals surface area contributed by atoms with Crippen LogP contribution < -0.4 is 16.0 Å². The predicted molar refractivity (Wildman–Crippen MR) is 259 cm³/mol. The number of nitrogens with zero attached hydrogens (tertiary/aromatic N) is 5. The van der Waals surface area contributed by atoms with Crippen LogP contribution in [-0.4, -0.2) is 95.4 Å². The van der Waals surface area contributed by atoms with Crippen molar-refractivity contribution in [3.63, 3.8) is 0 Å². The first-order valence-corrected chi connectivity index (χ1v) is 24.3. The van der Waals surface area contributed by atoms with Gasteiger partial charge in [-0.3, -0.25) is 19.4 Å². The molecule has 2 aliphatic heterocycles. The highest BCUT2D eigenvalue weighted by Crippen LogP contribution is 2.47. The number of hydrogen-bond acceptors (Lipinski definition) is 12. The van der Waals surface area contributed by atoms with E-state index in [2.05, 4.69) is 103 Å². The third kappa shape index (κ3) is 11.0. The summed E-state index contributed by atoms with van der Waals surface area (Å²) in [5, 5.41) is 13.0. The second-order valence-electron chi connectivity index (χ2n) is 15.6. The van der Waals surface area contributed by atoms with Crippen LogP contribution in [-0.2, 0) is 35.5 Å². The van der Waals surface area contributed by atoms with Gasteiger partial charge in [-0.1, -0.05) is 44.7 Å². The van der Waals surface area contributed by atoms with Gasteiger partial charge in [-0.2, -0.15) is 0 Å². The lowest BCUT2D eigenvalue weighted by atomic mass is 10.0. The van der Waals surface area contributed by atoms with E-state index in [9.17, 15) is 9.59 Å². The van der Waals surface area contributed by atoms with Crippen LogP contribution in [0.4, 0.5) is 10.0 Å². The average Bonchev–Trinajstić information content (AvgIpc) is 4.04. The Hall–Kier alpha value is -3.86. The van der Waals surface area contributed by atoms with Gasteiger partial charge in [0.2, 0.25) is 11.8 Å². The number of aromatic nitrogens is 2. The average molecular weight is 885 g/mol. The first-order valence-electron chi connectivity index (χ1n) is 21.0. The number of para-hydroxylation sites is 2. The molecule has 0 saturated heterocycles. The van der Waals surface area contributed by atoms with Crippen LogP contribution in [0, 0.1) is 0 Å². The van der Waals surface area contributed by atoms with Gasteiger partial charge in [0, 0.05) is 72.1 Å². The standard InChI is InChI=1S/C23H30N4OS2.C20H21N3OS2.C3H9N/c1-5-26(4)12-11-20(28)25-23-21(22-24-17-8-6-7-9-18(17)29-22)16-10-13-27(15(2)3)14-19(16)30-23;1-4-17(24)22-20-18(19-21-14-7-5-6-8-15(14)25-19)13-9-10-23(12(2)3)11-16(13)26-20;1-3-4-2/h6-9,15H,5,10-14H2,1-4H3,(H,25,28);4-8,12H,1,9-11H2,2-3H3,(H,22,24);4H,3H2,1-2H3. The number of anilines is 2. The first kappa shape index (κ1) is 45.7. The topological polar surface area (TPSA) is 106 Å². The highest BCUT2D eigenvalue weighted by molar-refractivity contribution is 7.23. The minimum atomic E-state index is -0.174. The maximum atomic E-state index is 12.7. The van der Waals surface area contributed by atoms with Crippen LogP contribution in [0.25, 0.3) is 41.6 Å². The molecule has 0 aliphatic carbocycles. The fourth-order valence-corrected chi connectivity index (χ4v) is 11.9. The first-order chi connectivity index (χ1) is 28.9. The molecule has 0 atom stereocenters. The molecule has 0 spiro atoms. The zero-order chi connectivity index (χ0) is 42.9. The zero-order valence-electron chi connectivity index (χ0n) is 36.3. The van der Waals surface area contributed by atoms with Crippen molar-refractivity contribution in [3.05, 3.63) is 82.1 Å². The highest BCUT2D eigenvalue weighted by atomic mass is 32.1. The SMILES string of the molecule is C=CC(=O)Nc1sc2c(c1-c1nc3ccccc3s1)CCN(C(C)C)C2.CCN(C)CCC(=O)Nc1sc2c(c1-c1nc3ccccc3s1)CCN(C(C)C)C2.CCNC. The van der Waals surface area contributed by atoms with Gasteiger partial charge in [-0.05, 0) is 109 Å².